The van der Waals surface area contributed by atoms with Crippen LogP contribution in [0.4, 0.5) is 0 Å². The fourth-order valence-corrected chi connectivity index (χ4v) is 2.74. The molecule has 0 amide bonds. The second-order valence-corrected chi connectivity index (χ2v) is 5.49. The molecule has 1 heterocycles. The van der Waals surface area contributed by atoms with Crippen molar-refractivity contribution in [3.8, 4) is 0 Å². The molecule has 76 valence electrons. The predicted molar refractivity (Wildman–Crippen MR) is 63.8 cm³/mol. The van der Waals surface area contributed by atoms with Gasteiger partial charge in [-0.25, -0.2) is 0 Å². The van der Waals surface area contributed by atoms with E-state index in [9.17, 15) is 0 Å². The maximum Gasteiger partial charge on any atom is 0.0412 e. The molecule has 1 aliphatic rings. The van der Waals surface area contributed by atoms with Gasteiger partial charge in [0.25, 0.3) is 0 Å². The molecule has 2 rings (SSSR count). The van der Waals surface area contributed by atoms with Gasteiger partial charge >= 0.3 is 0 Å². The van der Waals surface area contributed by atoms with Gasteiger partial charge in [-0.15, -0.1) is 0 Å². The highest BCUT2D eigenvalue weighted by molar-refractivity contribution is 8.00. The first-order valence-corrected chi connectivity index (χ1v) is 6.22. The van der Waals surface area contributed by atoms with Gasteiger partial charge in [0.1, 0.15) is 0 Å². The number of hydrogen-bond acceptors (Lipinski definition) is 2. The average Bonchev–Trinajstić information content (AvgIpc) is 2.21. The Labute approximate surface area is 90.3 Å². The second kappa shape index (κ2) is 4.37. The van der Waals surface area contributed by atoms with Gasteiger partial charge in [0.05, 0.1) is 0 Å². The predicted octanol–water partition coefficient (Wildman–Crippen LogP) is 2.76. The summed E-state index contributed by atoms with van der Waals surface area (Å²) in [5, 5.41) is 4.34. The fraction of sp³-hybridized carbons (Fsp3) is 0.500. The summed E-state index contributed by atoms with van der Waals surface area (Å²) >= 11 is 2.06. The smallest absolute Gasteiger partial charge is 0.0412 e. The molecule has 0 aliphatic carbocycles. The summed E-state index contributed by atoms with van der Waals surface area (Å²) in [7, 11) is 0. The molecular formula is C12H17NS. The van der Waals surface area contributed by atoms with Crippen molar-refractivity contribution in [1.29, 1.82) is 0 Å². The Bertz CT molecular complexity index is 286. The Balaban J connectivity index is 2.05. The third-order valence-corrected chi connectivity index (χ3v) is 3.94. The minimum absolute atomic E-state index is 0.553. The van der Waals surface area contributed by atoms with E-state index >= 15 is 0 Å². The van der Waals surface area contributed by atoms with E-state index in [0.29, 0.717) is 6.04 Å². The largest absolute Gasteiger partial charge is 0.308 e. The van der Waals surface area contributed by atoms with Crippen LogP contribution in [0.25, 0.3) is 0 Å². The van der Waals surface area contributed by atoms with Crippen molar-refractivity contribution in [3.05, 3.63) is 35.4 Å². The number of thioether (sulfide) groups is 1. The van der Waals surface area contributed by atoms with Crippen molar-refractivity contribution in [1.82, 2.24) is 5.32 Å². The van der Waals surface area contributed by atoms with Gasteiger partial charge < -0.3 is 5.32 Å². The molecule has 2 atom stereocenters. The molecule has 2 heteroatoms. The zero-order valence-electron chi connectivity index (χ0n) is 8.79. The molecule has 14 heavy (non-hydrogen) atoms. The second-order valence-electron chi connectivity index (χ2n) is 4.02. The number of benzene rings is 1. The maximum absolute atomic E-state index is 3.58. The number of hydrogen-bond donors (Lipinski definition) is 1. The molecule has 0 aromatic heterocycles. The Morgan fingerprint density at radius 3 is 2.57 bits per heavy atom. The lowest BCUT2D eigenvalue weighted by Gasteiger charge is -2.27. The topological polar surface area (TPSA) is 12.0 Å². The summed E-state index contributed by atoms with van der Waals surface area (Å²) in [5.74, 6) is 1.20. The van der Waals surface area contributed by atoms with Gasteiger partial charge in [-0.05, 0) is 12.5 Å². The normalized spacial score (nSPS) is 27.6. The van der Waals surface area contributed by atoms with Gasteiger partial charge in [-0.1, -0.05) is 36.8 Å². The van der Waals surface area contributed by atoms with E-state index in [4.69, 9.17) is 0 Å². The number of aryl methyl sites for hydroxylation is 1. The highest BCUT2D eigenvalue weighted by atomic mass is 32.2. The van der Waals surface area contributed by atoms with Crippen molar-refractivity contribution in [2.75, 3.05) is 12.3 Å². The highest BCUT2D eigenvalue weighted by Crippen LogP contribution is 2.25. The van der Waals surface area contributed by atoms with Gasteiger partial charge in [0, 0.05) is 23.6 Å². The molecule has 0 spiro atoms. The van der Waals surface area contributed by atoms with Crippen molar-refractivity contribution < 1.29 is 0 Å². The average molecular weight is 207 g/mol. The SMILES string of the molecule is Cc1ccc(C2CSC(C)CN2)cc1. The van der Waals surface area contributed by atoms with Crippen LogP contribution in [0.1, 0.15) is 24.1 Å². The Morgan fingerprint density at radius 2 is 2.00 bits per heavy atom. The van der Waals surface area contributed by atoms with Crippen LogP contribution in [-0.4, -0.2) is 17.5 Å². The summed E-state index contributed by atoms with van der Waals surface area (Å²) in [4.78, 5) is 0. The fourth-order valence-electron chi connectivity index (χ4n) is 1.70. The molecule has 0 radical (unpaired) electrons. The summed E-state index contributed by atoms with van der Waals surface area (Å²) in [6, 6.07) is 9.42. The van der Waals surface area contributed by atoms with E-state index in [1.54, 1.807) is 0 Å². The quantitative estimate of drug-likeness (QED) is 0.760. The van der Waals surface area contributed by atoms with Crippen molar-refractivity contribution in [2.24, 2.45) is 0 Å². The van der Waals surface area contributed by atoms with Crippen molar-refractivity contribution >= 4 is 11.8 Å². The monoisotopic (exact) mass is 207 g/mol. The zero-order valence-corrected chi connectivity index (χ0v) is 9.60. The number of rotatable bonds is 1. The minimum atomic E-state index is 0.553. The molecule has 1 aromatic rings. The summed E-state index contributed by atoms with van der Waals surface area (Å²) in [6.45, 7) is 5.54. The van der Waals surface area contributed by atoms with E-state index in [1.807, 2.05) is 0 Å². The van der Waals surface area contributed by atoms with Crippen LogP contribution in [0.2, 0.25) is 0 Å². The molecule has 1 fully saturated rings. The van der Waals surface area contributed by atoms with E-state index in [0.717, 1.165) is 11.8 Å². The first-order chi connectivity index (χ1) is 6.75. The molecular weight excluding hydrogens is 190 g/mol. The van der Waals surface area contributed by atoms with E-state index in [2.05, 4.69) is 55.2 Å². The van der Waals surface area contributed by atoms with Crippen LogP contribution >= 0.6 is 11.8 Å². The summed E-state index contributed by atoms with van der Waals surface area (Å²) < 4.78 is 0. The third-order valence-electron chi connectivity index (χ3n) is 2.68. The molecule has 0 bridgehead atoms. The van der Waals surface area contributed by atoms with Crippen molar-refractivity contribution in [3.63, 3.8) is 0 Å². The lowest BCUT2D eigenvalue weighted by molar-refractivity contribution is 0.563. The first kappa shape index (κ1) is 10.1. The zero-order chi connectivity index (χ0) is 9.97. The first-order valence-electron chi connectivity index (χ1n) is 5.17. The van der Waals surface area contributed by atoms with E-state index in [1.165, 1.54) is 16.9 Å². The summed E-state index contributed by atoms with van der Waals surface area (Å²) in [6.07, 6.45) is 0. The Kier molecular flexibility index (Phi) is 3.14. The standard InChI is InChI=1S/C12H17NS/c1-9-3-5-11(6-4-9)12-8-14-10(2)7-13-12/h3-6,10,12-13H,7-8H2,1-2H3. The van der Waals surface area contributed by atoms with Crippen LogP contribution in [0.15, 0.2) is 24.3 Å². The lowest BCUT2D eigenvalue weighted by Crippen LogP contribution is -2.34. The Hall–Kier alpha value is -0.470. The third kappa shape index (κ3) is 2.31. The van der Waals surface area contributed by atoms with Gasteiger partial charge in [-0.2, -0.15) is 11.8 Å². The van der Waals surface area contributed by atoms with E-state index < -0.39 is 0 Å². The molecule has 0 saturated carbocycles. The van der Waals surface area contributed by atoms with Crippen LogP contribution < -0.4 is 5.32 Å². The molecule has 1 aromatic carbocycles. The molecule has 2 unspecified atom stereocenters. The van der Waals surface area contributed by atoms with Crippen LogP contribution in [0.3, 0.4) is 0 Å². The number of nitrogens with one attached hydrogen (secondary N) is 1. The molecule has 1 saturated heterocycles. The van der Waals surface area contributed by atoms with Crippen LogP contribution in [0.5, 0.6) is 0 Å². The molecule has 1 nitrogen and oxygen atoms in total. The van der Waals surface area contributed by atoms with Crippen molar-refractivity contribution in [2.45, 2.75) is 25.1 Å². The maximum atomic E-state index is 3.58. The van der Waals surface area contributed by atoms with Gasteiger partial charge in [0.15, 0.2) is 0 Å². The summed E-state index contributed by atoms with van der Waals surface area (Å²) in [5.41, 5.74) is 2.76. The van der Waals surface area contributed by atoms with Crippen LogP contribution in [-0.2, 0) is 0 Å². The minimum Gasteiger partial charge on any atom is -0.308 e. The van der Waals surface area contributed by atoms with Crippen LogP contribution in [0, 0.1) is 6.92 Å². The van der Waals surface area contributed by atoms with Gasteiger partial charge in [0.2, 0.25) is 0 Å². The molecule has 1 N–H and O–H groups in total. The van der Waals surface area contributed by atoms with Gasteiger partial charge in [-0.3, -0.25) is 0 Å². The Morgan fingerprint density at radius 1 is 1.29 bits per heavy atom. The highest BCUT2D eigenvalue weighted by Gasteiger charge is 2.18. The lowest BCUT2D eigenvalue weighted by atomic mass is 10.1. The van der Waals surface area contributed by atoms with E-state index in [-0.39, 0.29) is 0 Å². The molecule has 1 aliphatic heterocycles.